The van der Waals surface area contributed by atoms with Crippen LogP contribution in [-0.4, -0.2) is 44.5 Å². The number of aromatic nitrogens is 4. The van der Waals surface area contributed by atoms with Crippen LogP contribution in [0.1, 0.15) is 24.0 Å². The summed E-state index contributed by atoms with van der Waals surface area (Å²) in [7, 11) is 0. The van der Waals surface area contributed by atoms with Gasteiger partial charge in [-0.05, 0) is 36.6 Å². The quantitative estimate of drug-likeness (QED) is 0.299. The molecule has 1 atom stereocenters. The minimum absolute atomic E-state index is 0. The average Bonchev–Trinajstić information content (AvgIpc) is 3.23. The molecule has 9 heteroatoms. The Bertz CT molecular complexity index is 1320. The van der Waals surface area contributed by atoms with Crippen molar-refractivity contribution in [2.45, 2.75) is 43.6 Å². The summed E-state index contributed by atoms with van der Waals surface area (Å²) in [6.07, 6.45) is 4.75. The molecule has 0 radical (unpaired) electrons. The molecule has 4 aromatic rings. The molecular formula is C26H31ClN6OS. The zero-order valence-corrected chi connectivity index (χ0v) is 21.5. The Morgan fingerprint density at radius 3 is 2.34 bits per heavy atom. The fraction of sp³-hybridized carbons (Fsp3) is 0.346. The van der Waals surface area contributed by atoms with E-state index in [9.17, 15) is 4.79 Å². The second kappa shape index (κ2) is 11.3. The number of aryl methyl sites for hydroxylation is 1. The third-order valence-corrected chi connectivity index (χ3v) is 7.06. The van der Waals surface area contributed by atoms with E-state index in [1.165, 1.54) is 17.3 Å². The number of piperidine rings is 1. The summed E-state index contributed by atoms with van der Waals surface area (Å²) >= 11 is 1.48. The molecule has 2 aromatic carbocycles. The third kappa shape index (κ3) is 5.39. The number of benzene rings is 2. The maximum atomic E-state index is 13.9. The van der Waals surface area contributed by atoms with E-state index in [4.69, 9.17) is 15.7 Å². The van der Waals surface area contributed by atoms with E-state index < -0.39 is 0 Å². The summed E-state index contributed by atoms with van der Waals surface area (Å²) in [6.45, 7) is 2.74. The van der Waals surface area contributed by atoms with E-state index in [1.807, 2.05) is 47.2 Å². The zero-order chi connectivity index (χ0) is 23.5. The van der Waals surface area contributed by atoms with Gasteiger partial charge in [0.25, 0.3) is 5.56 Å². The van der Waals surface area contributed by atoms with Crippen molar-refractivity contribution in [1.82, 2.24) is 19.1 Å². The lowest BCUT2D eigenvalue weighted by Crippen LogP contribution is -2.44. The molecule has 0 saturated carbocycles. The van der Waals surface area contributed by atoms with Gasteiger partial charge in [0.15, 0.2) is 16.3 Å². The van der Waals surface area contributed by atoms with Gasteiger partial charge in [-0.1, -0.05) is 72.4 Å². The van der Waals surface area contributed by atoms with Crippen LogP contribution in [0.4, 0.5) is 5.95 Å². The predicted molar refractivity (Wildman–Crippen MR) is 146 cm³/mol. The Labute approximate surface area is 215 Å². The number of nitrogens with two attached hydrogens (primary N) is 1. The normalized spacial score (nSPS) is 15.8. The Balaban J connectivity index is 0.00000289. The molecule has 5 rings (SSSR count). The Hall–Kier alpha value is -2.81. The van der Waals surface area contributed by atoms with Gasteiger partial charge < -0.3 is 10.6 Å². The van der Waals surface area contributed by atoms with E-state index >= 15 is 0 Å². The highest BCUT2D eigenvalue weighted by Crippen LogP contribution is 2.25. The van der Waals surface area contributed by atoms with Gasteiger partial charge in [0.05, 0.1) is 6.54 Å². The van der Waals surface area contributed by atoms with Crippen molar-refractivity contribution in [3.05, 3.63) is 82.1 Å². The lowest BCUT2D eigenvalue weighted by molar-refractivity contribution is 0.495. The summed E-state index contributed by atoms with van der Waals surface area (Å²) in [5.41, 5.74) is 9.63. The molecule has 1 aliphatic heterocycles. The van der Waals surface area contributed by atoms with Gasteiger partial charge in [-0.2, -0.15) is 4.98 Å². The highest BCUT2D eigenvalue weighted by Gasteiger charge is 2.26. The molecule has 0 amide bonds. The van der Waals surface area contributed by atoms with Crippen molar-refractivity contribution in [1.29, 1.82) is 0 Å². The van der Waals surface area contributed by atoms with Gasteiger partial charge in [-0.15, -0.1) is 12.4 Å². The largest absolute Gasteiger partial charge is 0.341 e. The first-order chi connectivity index (χ1) is 16.6. The monoisotopic (exact) mass is 510 g/mol. The Morgan fingerprint density at radius 2 is 1.69 bits per heavy atom. The number of hydrogen-bond acceptors (Lipinski definition) is 6. The van der Waals surface area contributed by atoms with E-state index in [0.717, 1.165) is 43.9 Å². The predicted octanol–water partition coefficient (Wildman–Crippen LogP) is 3.96. The molecule has 0 aliphatic carbocycles. The maximum absolute atomic E-state index is 13.9. The fourth-order valence-corrected chi connectivity index (χ4v) is 5.24. The second-order valence-electron chi connectivity index (χ2n) is 8.79. The van der Waals surface area contributed by atoms with Crippen molar-refractivity contribution in [2.75, 3.05) is 24.2 Å². The van der Waals surface area contributed by atoms with Gasteiger partial charge in [0.1, 0.15) is 0 Å². The standard InChI is InChI=1S/C26H30N6OS.ClH/c1-34-26-29-23-22(24(33)31(26)16-14-19-9-4-2-5-10-19)32(17-20-11-6-3-7-12-20)25(28-23)30-15-8-13-21(27)18-30;/h2-7,9-12,21H,8,13-18,27H2,1H3;1H. The van der Waals surface area contributed by atoms with Crippen molar-refractivity contribution in [3.63, 3.8) is 0 Å². The smallest absolute Gasteiger partial charge is 0.280 e. The molecule has 1 fully saturated rings. The summed E-state index contributed by atoms with van der Waals surface area (Å²) in [6, 6.07) is 20.6. The number of hydrogen-bond donors (Lipinski definition) is 1. The van der Waals surface area contributed by atoms with E-state index in [1.54, 1.807) is 4.57 Å². The van der Waals surface area contributed by atoms with Crippen LogP contribution in [0.2, 0.25) is 0 Å². The van der Waals surface area contributed by atoms with Crippen LogP contribution in [-0.2, 0) is 19.5 Å². The van der Waals surface area contributed by atoms with Crippen LogP contribution < -0.4 is 16.2 Å². The number of halogens is 1. The zero-order valence-electron chi connectivity index (χ0n) is 19.8. The second-order valence-corrected chi connectivity index (χ2v) is 9.57. The van der Waals surface area contributed by atoms with Crippen molar-refractivity contribution in [3.8, 4) is 0 Å². The summed E-state index contributed by atoms with van der Waals surface area (Å²) in [4.78, 5) is 25.9. The van der Waals surface area contributed by atoms with Crippen molar-refractivity contribution >= 4 is 41.3 Å². The third-order valence-electron chi connectivity index (χ3n) is 6.38. The molecule has 0 spiro atoms. The molecule has 1 saturated heterocycles. The van der Waals surface area contributed by atoms with E-state index in [2.05, 4.69) is 29.2 Å². The molecule has 0 bridgehead atoms. The number of fused-ring (bicyclic) bond motifs is 1. The first-order valence-electron chi connectivity index (χ1n) is 11.8. The summed E-state index contributed by atoms with van der Waals surface area (Å²) in [5.74, 6) is 0.784. The first kappa shape index (κ1) is 25.3. The van der Waals surface area contributed by atoms with Gasteiger partial charge in [0.2, 0.25) is 5.95 Å². The summed E-state index contributed by atoms with van der Waals surface area (Å²) < 4.78 is 3.84. The van der Waals surface area contributed by atoms with Crippen LogP contribution in [0.25, 0.3) is 11.2 Å². The SMILES string of the molecule is CSc1nc2nc(N3CCCC(N)C3)n(Cc3ccccc3)c2c(=O)n1CCc1ccccc1.Cl. The molecule has 35 heavy (non-hydrogen) atoms. The lowest BCUT2D eigenvalue weighted by atomic mass is 10.1. The number of thioether (sulfide) groups is 1. The number of nitrogens with zero attached hydrogens (tertiary/aromatic N) is 5. The van der Waals surface area contributed by atoms with Crippen LogP contribution in [0.15, 0.2) is 70.6 Å². The molecule has 2 N–H and O–H groups in total. The topological polar surface area (TPSA) is 82.0 Å². The van der Waals surface area contributed by atoms with Crippen molar-refractivity contribution in [2.24, 2.45) is 5.73 Å². The van der Waals surface area contributed by atoms with Gasteiger partial charge in [0, 0.05) is 25.7 Å². The van der Waals surface area contributed by atoms with Gasteiger partial charge in [-0.3, -0.25) is 13.9 Å². The molecular weight excluding hydrogens is 480 g/mol. The lowest BCUT2D eigenvalue weighted by Gasteiger charge is -2.31. The first-order valence-corrected chi connectivity index (χ1v) is 13.0. The van der Waals surface area contributed by atoms with Gasteiger partial charge >= 0.3 is 0 Å². The van der Waals surface area contributed by atoms with Crippen molar-refractivity contribution < 1.29 is 0 Å². The fourth-order valence-electron chi connectivity index (χ4n) is 4.67. The van der Waals surface area contributed by atoms with Crippen LogP contribution in [0.5, 0.6) is 0 Å². The van der Waals surface area contributed by atoms with Gasteiger partial charge in [-0.25, -0.2) is 4.98 Å². The van der Waals surface area contributed by atoms with E-state index in [-0.39, 0.29) is 24.0 Å². The molecule has 7 nitrogen and oxygen atoms in total. The summed E-state index contributed by atoms with van der Waals surface area (Å²) in [5, 5.41) is 0.694. The maximum Gasteiger partial charge on any atom is 0.280 e. The molecule has 1 aliphatic rings. The minimum Gasteiger partial charge on any atom is -0.341 e. The Morgan fingerprint density at radius 1 is 1.00 bits per heavy atom. The van der Waals surface area contributed by atoms with Crippen LogP contribution in [0.3, 0.4) is 0 Å². The van der Waals surface area contributed by atoms with Crippen LogP contribution in [0, 0.1) is 0 Å². The highest BCUT2D eigenvalue weighted by atomic mass is 35.5. The molecule has 184 valence electrons. The number of rotatable bonds is 7. The Kier molecular flexibility index (Phi) is 8.15. The average molecular weight is 511 g/mol. The number of imidazole rings is 1. The molecule has 2 aromatic heterocycles. The van der Waals surface area contributed by atoms with Crippen LogP contribution >= 0.6 is 24.2 Å². The minimum atomic E-state index is -0.0405. The molecule has 1 unspecified atom stereocenters. The number of anilines is 1. The highest BCUT2D eigenvalue weighted by molar-refractivity contribution is 7.98. The molecule has 3 heterocycles. The van der Waals surface area contributed by atoms with E-state index in [0.29, 0.717) is 29.4 Å².